The normalized spacial score (nSPS) is 9.50. The van der Waals surface area contributed by atoms with Crippen LogP contribution in [0.5, 0.6) is 0 Å². The second-order valence-corrected chi connectivity index (χ2v) is 2.28. The molecule has 0 heterocycles. The largest absolute Gasteiger partial charge is 0.340 e. The number of carbonyl (C=O) groups is 1. The standard InChI is InChI=1S/C7H14N2O/c1-4-7(10)9-5-8-6(2)3/h4,6,8H,1,5H2,2-3H3,(H,9,10). The van der Waals surface area contributed by atoms with Gasteiger partial charge in [-0.3, -0.25) is 10.1 Å². The highest BCUT2D eigenvalue weighted by molar-refractivity contribution is 5.86. The molecule has 0 saturated heterocycles. The molecule has 0 aromatic rings. The van der Waals surface area contributed by atoms with Gasteiger partial charge in [0.25, 0.3) is 0 Å². The maximum absolute atomic E-state index is 10.5. The molecule has 58 valence electrons. The lowest BCUT2D eigenvalue weighted by Crippen LogP contribution is -2.36. The average Bonchev–Trinajstić information content (AvgIpc) is 1.87. The second kappa shape index (κ2) is 4.99. The van der Waals surface area contributed by atoms with Crippen molar-refractivity contribution < 1.29 is 4.79 Å². The monoisotopic (exact) mass is 142 g/mol. The highest BCUT2D eigenvalue weighted by atomic mass is 16.1. The van der Waals surface area contributed by atoms with Crippen LogP contribution in [0.3, 0.4) is 0 Å². The summed E-state index contributed by atoms with van der Waals surface area (Å²) in [6.45, 7) is 7.85. The van der Waals surface area contributed by atoms with Crippen LogP contribution in [0.2, 0.25) is 0 Å². The Morgan fingerprint density at radius 2 is 2.30 bits per heavy atom. The number of amides is 1. The van der Waals surface area contributed by atoms with Gasteiger partial charge in [0.1, 0.15) is 0 Å². The minimum absolute atomic E-state index is 0.145. The molecule has 0 aliphatic carbocycles. The first kappa shape index (κ1) is 9.17. The van der Waals surface area contributed by atoms with Gasteiger partial charge in [-0.1, -0.05) is 6.58 Å². The van der Waals surface area contributed by atoms with Crippen LogP contribution in [0.4, 0.5) is 0 Å². The predicted molar refractivity (Wildman–Crippen MR) is 41.5 cm³/mol. The van der Waals surface area contributed by atoms with Gasteiger partial charge < -0.3 is 5.32 Å². The zero-order valence-electron chi connectivity index (χ0n) is 6.48. The van der Waals surface area contributed by atoms with E-state index in [9.17, 15) is 4.79 Å². The van der Waals surface area contributed by atoms with Gasteiger partial charge in [0.15, 0.2) is 0 Å². The van der Waals surface area contributed by atoms with Crippen LogP contribution >= 0.6 is 0 Å². The molecular formula is C7H14N2O. The quantitative estimate of drug-likeness (QED) is 0.436. The molecule has 0 atom stereocenters. The van der Waals surface area contributed by atoms with Crippen LogP contribution in [-0.4, -0.2) is 18.6 Å². The van der Waals surface area contributed by atoms with E-state index >= 15 is 0 Å². The van der Waals surface area contributed by atoms with E-state index in [1.165, 1.54) is 6.08 Å². The Hall–Kier alpha value is -0.830. The molecule has 0 radical (unpaired) electrons. The summed E-state index contributed by atoms with van der Waals surface area (Å²) in [7, 11) is 0. The summed E-state index contributed by atoms with van der Waals surface area (Å²) in [6.07, 6.45) is 1.25. The lowest BCUT2D eigenvalue weighted by atomic mass is 10.4. The number of rotatable bonds is 4. The SMILES string of the molecule is C=CC(=O)NCNC(C)C. The van der Waals surface area contributed by atoms with Crippen molar-refractivity contribution in [3.63, 3.8) is 0 Å². The molecule has 0 aromatic heterocycles. The Balaban J connectivity index is 3.19. The third kappa shape index (κ3) is 5.31. The predicted octanol–water partition coefficient (Wildman–Crippen LogP) is 0.244. The van der Waals surface area contributed by atoms with Crippen molar-refractivity contribution in [3.05, 3.63) is 12.7 Å². The second-order valence-electron chi connectivity index (χ2n) is 2.28. The fourth-order valence-electron chi connectivity index (χ4n) is 0.414. The first-order chi connectivity index (χ1) is 4.66. The zero-order chi connectivity index (χ0) is 7.98. The fourth-order valence-corrected chi connectivity index (χ4v) is 0.414. The molecule has 0 bridgehead atoms. The Bertz CT molecular complexity index is 121. The summed E-state index contributed by atoms with van der Waals surface area (Å²) >= 11 is 0. The molecule has 0 fully saturated rings. The molecule has 0 rings (SSSR count). The highest BCUT2D eigenvalue weighted by Gasteiger charge is 1.92. The van der Waals surface area contributed by atoms with Gasteiger partial charge in [-0.2, -0.15) is 0 Å². The summed E-state index contributed by atoms with van der Waals surface area (Å²) in [5.41, 5.74) is 0. The van der Waals surface area contributed by atoms with Crippen LogP contribution in [0, 0.1) is 0 Å². The fraction of sp³-hybridized carbons (Fsp3) is 0.571. The third-order valence-corrected chi connectivity index (χ3v) is 0.958. The zero-order valence-corrected chi connectivity index (χ0v) is 6.48. The van der Waals surface area contributed by atoms with Gasteiger partial charge >= 0.3 is 0 Å². The molecule has 0 unspecified atom stereocenters. The Kier molecular flexibility index (Phi) is 4.58. The first-order valence-corrected chi connectivity index (χ1v) is 3.30. The van der Waals surface area contributed by atoms with Crippen LogP contribution in [0.1, 0.15) is 13.8 Å². The average molecular weight is 142 g/mol. The number of nitrogens with one attached hydrogen (secondary N) is 2. The maximum Gasteiger partial charge on any atom is 0.244 e. The Morgan fingerprint density at radius 1 is 1.70 bits per heavy atom. The molecule has 2 N–H and O–H groups in total. The number of carbonyl (C=O) groups excluding carboxylic acids is 1. The van der Waals surface area contributed by atoms with Gasteiger partial charge in [-0.05, 0) is 19.9 Å². The Morgan fingerprint density at radius 3 is 2.70 bits per heavy atom. The summed E-state index contributed by atoms with van der Waals surface area (Å²) in [4.78, 5) is 10.5. The van der Waals surface area contributed by atoms with Crippen LogP contribution in [0.25, 0.3) is 0 Å². The summed E-state index contributed by atoms with van der Waals surface area (Å²) in [5, 5.41) is 5.63. The van der Waals surface area contributed by atoms with Gasteiger partial charge in [-0.25, -0.2) is 0 Å². The van der Waals surface area contributed by atoms with Crippen molar-refractivity contribution in [1.29, 1.82) is 0 Å². The minimum atomic E-state index is -0.145. The van der Waals surface area contributed by atoms with Gasteiger partial charge in [-0.15, -0.1) is 0 Å². The van der Waals surface area contributed by atoms with Gasteiger partial charge in [0.05, 0.1) is 6.67 Å². The molecular weight excluding hydrogens is 128 g/mol. The van der Waals surface area contributed by atoms with Crippen molar-refractivity contribution in [2.24, 2.45) is 0 Å². The first-order valence-electron chi connectivity index (χ1n) is 3.30. The molecule has 3 nitrogen and oxygen atoms in total. The molecule has 0 saturated carbocycles. The smallest absolute Gasteiger partial charge is 0.244 e. The number of hydrogen-bond donors (Lipinski definition) is 2. The van der Waals surface area contributed by atoms with Crippen molar-refractivity contribution in [2.45, 2.75) is 19.9 Å². The molecule has 3 heteroatoms. The van der Waals surface area contributed by atoms with Gasteiger partial charge in [0.2, 0.25) is 5.91 Å². The summed E-state index contributed by atoms with van der Waals surface area (Å²) in [5.74, 6) is -0.145. The number of hydrogen-bond acceptors (Lipinski definition) is 2. The van der Waals surface area contributed by atoms with Crippen molar-refractivity contribution in [3.8, 4) is 0 Å². The topological polar surface area (TPSA) is 41.1 Å². The van der Waals surface area contributed by atoms with E-state index in [2.05, 4.69) is 17.2 Å². The molecule has 0 aliphatic rings. The van der Waals surface area contributed by atoms with Crippen LogP contribution in [0.15, 0.2) is 12.7 Å². The molecule has 0 aliphatic heterocycles. The van der Waals surface area contributed by atoms with E-state index < -0.39 is 0 Å². The van der Waals surface area contributed by atoms with E-state index in [1.54, 1.807) is 0 Å². The molecule has 10 heavy (non-hydrogen) atoms. The molecule has 0 aromatic carbocycles. The van der Waals surface area contributed by atoms with E-state index in [4.69, 9.17) is 0 Å². The van der Waals surface area contributed by atoms with E-state index in [0.29, 0.717) is 12.7 Å². The van der Waals surface area contributed by atoms with E-state index in [0.717, 1.165) is 0 Å². The highest BCUT2D eigenvalue weighted by Crippen LogP contribution is 1.72. The van der Waals surface area contributed by atoms with Gasteiger partial charge in [0, 0.05) is 6.04 Å². The van der Waals surface area contributed by atoms with Crippen molar-refractivity contribution in [1.82, 2.24) is 10.6 Å². The summed E-state index contributed by atoms with van der Waals surface area (Å²) < 4.78 is 0. The van der Waals surface area contributed by atoms with Crippen molar-refractivity contribution >= 4 is 5.91 Å². The maximum atomic E-state index is 10.5. The van der Waals surface area contributed by atoms with E-state index in [-0.39, 0.29) is 5.91 Å². The molecule has 1 amide bonds. The third-order valence-electron chi connectivity index (χ3n) is 0.958. The van der Waals surface area contributed by atoms with Crippen LogP contribution < -0.4 is 10.6 Å². The van der Waals surface area contributed by atoms with Crippen LogP contribution in [-0.2, 0) is 4.79 Å². The van der Waals surface area contributed by atoms with E-state index in [1.807, 2.05) is 13.8 Å². The lowest BCUT2D eigenvalue weighted by molar-refractivity contribution is -0.116. The van der Waals surface area contributed by atoms with Crippen molar-refractivity contribution in [2.75, 3.05) is 6.67 Å². The summed E-state index contributed by atoms with van der Waals surface area (Å²) in [6, 6.07) is 0.394. The minimum Gasteiger partial charge on any atom is -0.340 e. The Labute approximate surface area is 61.5 Å². The molecule has 0 spiro atoms. The lowest BCUT2D eigenvalue weighted by Gasteiger charge is -2.07.